The Kier molecular flexibility index (Phi) is 5.43. The normalized spacial score (nSPS) is 10.5. The number of hydrogen-bond donors (Lipinski definition) is 2. The van der Waals surface area contributed by atoms with Gasteiger partial charge in [0, 0.05) is 22.8 Å². The first-order valence-electron chi connectivity index (χ1n) is 9.11. The number of aromatic nitrogens is 2. The second-order valence-electron chi connectivity index (χ2n) is 6.43. The van der Waals surface area contributed by atoms with E-state index in [2.05, 4.69) is 20.5 Å². The summed E-state index contributed by atoms with van der Waals surface area (Å²) < 4.78 is 26.7. The third kappa shape index (κ3) is 4.47. The molecular weight excluding hydrogens is 386 g/mol. The number of nitrogens with zero attached hydrogens (tertiary/aromatic N) is 2. The average Bonchev–Trinajstić information content (AvgIpc) is 2.76. The molecule has 4 rings (SSSR count). The summed E-state index contributed by atoms with van der Waals surface area (Å²) in [5.74, 6) is -0.624. The molecule has 0 atom stereocenters. The number of H-pyrrole nitrogens is 1. The molecule has 7 heteroatoms. The number of hydrogen-bond acceptors (Lipinski definition) is 4. The molecule has 0 bridgehead atoms. The van der Waals surface area contributed by atoms with E-state index < -0.39 is 0 Å². The lowest BCUT2D eigenvalue weighted by molar-refractivity contribution is 0.627. The Labute approximate surface area is 170 Å². The summed E-state index contributed by atoms with van der Waals surface area (Å²) >= 11 is 0. The molecule has 5 nitrogen and oxygen atoms in total. The van der Waals surface area contributed by atoms with Crippen LogP contribution in [-0.4, -0.2) is 15.7 Å². The molecule has 3 aromatic carbocycles. The van der Waals surface area contributed by atoms with E-state index in [-0.39, 0.29) is 23.1 Å². The average molecular weight is 402 g/mol. The van der Waals surface area contributed by atoms with Crippen LogP contribution in [0.3, 0.4) is 0 Å². The monoisotopic (exact) mass is 402 g/mol. The SMILES string of the molecule is O=c1cc(-c2ccccc2)nc(NN=C(c2ccc(F)cc2)c2ccc(F)cc2)[nH]1. The van der Waals surface area contributed by atoms with Crippen LogP contribution >= 0.6 is 0 Å². The maximum absolute atomic E-state index is 13.4. The molecule has 0 spiro atoms. The van der Waals surface area contributed by atoms with Crippen LogP contribution in [0.25, 0.3) is 11.3 Å². The molecule has 0 aliphatic heterocycles. The van der Waals surface area contributed by atoms with Gasteiger partial charge in [0.2, 0.25) is 5.95 Å². The summed E-state index contributed by atoms with van der Waals surface area (Å²) in [7, 11) is 0. The van der Waals surface area contributed by atoms with Crippen LogP contribution in [0.5, 0.6) is 0 Å². The third-order valence-corrected chi connectivity index (χ3v) is 4.32. The lowest BCUT2D eigenvalue weighted by atomic mass is 10.0. The summed E-state index contributed by atoms with van der Waals surface area (Å²) in [6.45, 7) is 0. The van der Waals surface area contributed by atoms with Crippen LogP contribution in [0.4, 0.5) is 14.7 Å². The summed E-state index contributed by atoms with van der Waals surface area (Å²) in [4.78, 5) is 19.1. The van der Waals surface area contributed by atoms with Crippen molar-refractivity contribution in [3.63, 3.8) is 0 Å². The Balaban J connectivity index is 1.72. The number of aromatic amines is 1. The first kappa shape index (κ1) is 19.2. The van der Waals surface area contributed by atoms with Gasteiger partial charge in [0.05, 0.1) is 11.4 Å². The van der Waals surface area contributed by atoms with Gasteiger partial charge in [-0.1, -0.05) is 30.3 Å². The highest BCUT2D eigenvalue weighted by molar-refractivity contribution is 6.13. The van der Waals surface area contributed by atoms with Crippen LogP contribution in [0.15, 0.2) is 94.8 Å². The molecule has 30 heavy (non-hydrogen) atoms. The standard InChI is InChI=1S/C23H16F2N4O/c24-18-10-6-16(7-11-18)22(17-8-12-19(25)13-9-17)28-29-23-26-20(14-21(30)27-23)15-4-2-1-3-5-15/h1-14H,(H2,26,27,29,30). The van der Waals surface area contributed by atoms with Crippen LogP contribution in [0, 0.1) is 11.6 Å². The molecule has 2 N–H and O–H groups in total. The molecule has 1 heterocycles. The number of nitrogens with one attached hydrogen (secondary N) is 2. The van der Waals surface area contributed by atoms with E-state index in [9.17, 15) is 13.6 Å². The van der Waals surface area contributed by atoms with Crippen molar-refractivity contribution in [1.82, 2.24) is 9.97 Å². The van der Waals surface area contributed by atoms with Gasteiger partial charge < -0.3 is 0 Å². The van der Waals surface area contributed by atoms with Crippen molar-refractivity contribution < 1.29 is 8.78 Å². The van der Waals surface area contributed by atoms with Crippen LogP contribution in [0.2, 0.25) is 0 Å². The Morgan fingerprint density at radius 3 is 1.97 bits per heavy atom. The van der Waals surface area contributed by atoms with Crippen LogP contribution in [0.1, 0.15) is 11.1 Å². The number of anilines is 1. The molecule has 0 amide bonds. The van der Waals surface area contributed by atoms with Crippen LogP contribution < -0.4 is 11.0 Å². The Hall–Kier alpha value is -4.13. The maximum Gasteiger partial charge on any atom is 0.252 e. The van der Waals surface area contributed by atoms with Gasteiger partial charge >= 0.3 is 0 Å². The molecule has 0 saturated carbocycles. The minimum absolute atomic E-state index is 0.142. The first-order valence-corrected chi connectivity index (χ1v) is 9.11. The molecule has 148 valence electrons. The fraction of sp³-hybridized carbons (Fsp3) is 0. The molecule has 0 fully saturated rings. The molecule has 0 aliphatic carbocycles. The number of rotatable bonds is 5. The minimum atomic E-state index is -0.383. The molecular formula is C23H16F2N4O. The van der Waals surface area contributed by atoms with Gasteiger partial charge in [-0.3, -0.25) is 9.78 Å². The van der Waals surface area contributed by atoms with Crippen molar-refractivity contribution in [3.05, 3.63) is 118 Å². The summed E-state index contributed by atoms with van der Waals surface area (Å²) in [5.41, 5.74) is 5.34. The molecule has 1 aromatic heterocycles. The van der Waals surface area contributed by atoms with Gasteiger partial charge in [-0.2, -0.15) is 5.10 Å². The van der Waals surface area contributed by atoms with Crippen LogP contribution in [-0.2, 0) is 0 Å². The van der Waals surface area contributed by atoms with Gasteiger partial charge in [0.15, 0.2) is 0 Å². The Morgan fingerprint density at radius 2 is 1.40 bits per heavy atom. The smallest absolute Gasteiger partial charge is 0.252 e. The zero-order valence-electron chi connectivity index (χ0n) is 15.6. The molecule has 0 aliphatic rings. The number of hydrazone groups is 1. The third-order valence-electron chi connectivity index (χ3n) is 4.32. The highest BCUT2D eigenvalue weighted by Gasteiger charge is 2.09. The van der Waals surface area contributed by atoms with Crippen molar-refractivity contribution in [2.24, 2.45) is 5.10 Å². The largest absolute Gasteiger partial charge is 0.291 e. The van der Waals surface area contributed by atoms with E-state index >= 15 is 0 Å². The van der Waals surface area contributed by atoms with Crippen molar-refractivity contribution in [2.75, 3.05) is 5.43 Å². The first-order chi connectivity index (χ1) is 14.6. The van der Waals surface area contributed by atoms with Crippen molar-refractivity contribution in [3.8, 4) is 11.3 Å². The van der Waals surface area contributed by atoms with Crippen molar-refractivity contribution in [1.29, 1.82) is 0 Å². The zero-order chi connectivity index (χ0) is 20.9. The number of benzene rings is 3. The van der Waals surface area contributed by atoms with Gasteiger partial charge in [-0.25, -0.2) is 19.2 Å². The Morgan fingerprint density at radius 1 is 0.833 bits per heavy atom. The second kappa shape index (κ2) is 8.48. The second-order valence-corrected chi connectivity index (χ2v) is 6.43. The van der Waals surface area contributed by atoms with E-state index in [4.69, 9.17) is 0 Å². The van der Waals surface area contributed by atoms with Gasteiger partial charge in [0.25, 0.3) is 5.56 Å². The molecule has 0 radical (unpaired) electrons. The molecule has 0 unspecified atom stereocenters. The van der Waals surface area contributed by atoms with E-state index in [1.807, 2.05) is 30.3 Å². The van der Waals surface area contributed by atoms with Crippen molar-refractivity contribution in [2.45, 2.75) is 0 Å². The van der Waals surface area contributed by atoms with Gasteiger partial charge in [-0.15, -0.1) is 0 Å². The van der Waals surface area contributed by atoms with Crippen molar-refractivity contribution >= 4 is 11.7 Å². The minimum Gasteiger partial charge on any atom is -0.291 e. The lowest BCUT2D eigenvalue weighted by Crippen LogP contribution is -2.12. The van der Waals surface area contributed by atoms with E-state index in [1.54, 1.807) is 24.3 Å². The predicted octanol–water partition coefficient (Wildman–Crippen LogP) is 4.58. The summed E-state index contributed by atoms with van der Waals surface area (Å²) in [6, 6.07) is 22.2. The van der Waals surface area contributed by atoms with E-state index in [1.165, 1.54) is 30.3 Å². The lowest BCUT2D eigenvalue weighted by Gasteiger charge is -2.09. The number of halogens is 2. The molecule has 4 aromatic rings. The van der Waals surface area contributed by atoms with Gasteiger partial charge in [0.1, 0.15) is 11.6 Å². The van der Waals surface area contributed by atoms with E-state index in [0.717, 1.165) is 5.56 Å². The molecule has 0 saturated heterocycles. The summed E-state index contributed by atoms with van der Waals surface area (Å²) in [5, 5.41) is 4.36. The Bertz CT molecular complexity index is 1190. The quantitative estimate of drug-likeness (QED) is 0.379. The highest BCUT2D eigenvalue weighted by atomic mass is 19.1. The highest BCUT2D eigenvalue weighted by Crippen LogP contribution is 2.17. The fourth-order valence-electron chi connectivity index (χ4n) is 2.89. The fourth-order valence-corrected chi connectivity index (χ4v) is 2.89. The summed E-state index contributed by atoms with van der Waals surface area (Å²) in [6.07, 6.45) is 0. The zero-order valence-corrected chi connectivity index (χ0v) is 15.6. The maximum atomic E-state index is 13.4. The van der Waals surface area contributed by atoms with E-state index in [0.29, 0.717) is 22.5 Å². The van der Waals surface area contributed by atoms with Gasteiger partial charge in [-0.05, 0) is 48.5 Å². The topological polar surface area (TPSA) is 70.1 Å². The predicted molar refractivity (Wildman–Crippen MR) is 112 cm³/mol.